The van der Waals surface area contributed by atoms with Gasteiger partial charge in [0.2, 0.25) is 0 Å². The van der Waals surface area contributed by atoms with Crippen molar-refractivity contribution in [3.8, 4) is 0 Å². The van der Waals surface area contributed by atoms with Crippen LogP contribution in [0.25, 0.3) is 11.2 Å². The van der Waals surface area contributed by atoms with E-state index in [0.29, 0.717) is 18.0 Å². The van der Waals surface area contributed by atoms with Gasteiger partial charge in [-0.25, -0.2) is 9.97 Å². The Morgan fingerprint density at radius 1 is 1.50 bits per heavy atom. The van der Waals surface area contributed by atoms with Crippen molar-refractivity contribution in [2.24, 2.45) is 0 Å². The Labute approximate surface area is 94.1 Å². The van der Waals surface area contributed by atoms with Gasteiger partial charge in [-0.05, 0) is 18.6 Å². The highest BCUT2D eigenvalue weighted by atomic mass is 16.1. The summed E-state index contributed by atoms with van der Waals surface area (Å²) in [4.78, 5) is 23.0. The molecule has 2 aromatic heterocycles. The van der Waals surface area contributed by atoms with E-state index in [0.717, 1.165) is 16.9 Å². The first-order chi connectivity index (χ1) is 7.58. The molecular formula is C12H15N3O. The molecule has 2 heterocycles. The third-order valence-electron chi connectivity index (χ3n) is 2.48. The molecule has 0 aromatic carbocycles. The van der Waals surface area contributed by atoms with Crippen LogP contribution in [0.1, 0.15) is 38.1 Å². The van der Waals surface area contributed by atoms with E-state index < -0.39 is 0 Å². The first kappa shape index (κ1) is 10.8. The molecule has 84 valence electrons. The van der Waals surface area contributed by atoms with E-state index in [1.54, 1.807) is 13.1 Å². The Bertz CT molecular complexity index is 528. The van der Waals surface area contributed by atoms with Gasteiger partial charge in [-0.1, -0.05) is 13.8 Å². The van der Waals surface area contributed by atoms with Crippen molar-refractivity contribution < 1.29 is 4.79 Å². The number of Topliss-reactive ketones (excluding diaryl/α,β-unsaturated/α-hetero) is 1. The van der Waals surface area contributed by atoms with Gasteiger partial charge in [-0.2, -0.15) is 0 Å². The average Bonchev–Trinajstić information content (AvgIpc) is 2.61. The smallest absolute Gasteiger partial charge is 0.177 e. The fraction of sp³-hybridized carbons (Fsp3) is 0.417. The molecule has 0 radical (unpaired) electrons. The van der Waals surface area contributed by atoms with Crippen molar-refractivity contribution in [1.29, 1.82) is 0 Å². The number of aromatic nitrogens is 3. The van der Waals surface area contributed by atoms with Crippen molar-refractivity contribution >= 4 is 16.9 Å². The van der Waals surface area contributed by atoms with Crippen molar-refractivity contribution in [3.63, 3.8) is 0 Å². The highest BCUT2D eigenvalue weighted by Gasteiger charge is 2.11. The highest BCUT2D eigenvalue weighted by Crippen LogP contribution is 2.18. The Hall–Kier alpha value is -1.71. The molecule has 0 aliphatic carbocycles. The first-order valence-electron chi connectivity index (χ1n) is 5.41. The molecule has 0 unspecified atom stereocenters. The number of rotatable bonds is 3. The maximum absolute atomic E-state index is 11.1. The summed E-state index contributed by atoms with van der Waals surface area (Å²) in [5.74, 6) is 1.39. The fourth-order valence-corrected chi connectivity index (χ4v) is 1.67. The zero-order valence-corrected chi connectivity index (χ0v) is 9.74. The van der Waals surface area contributed by atoms with Gasteiger partial charge < -0.3 is 4.98 Å². The molecule has 2 rings (SSSR count). The number of pyridine rings is 1. The molecule has 1 N–H and O–H groups in total. The van der Waals surface area contributed by atoms with Crippen LogP contribution in [0.4, 0.5) is 0 Å². The molecule has 2 aromatic rings. The normalized spacial score (nSPS) is 11.2. The zero-order chi connectivity index (χ0) is 11.7. The molecule has 0 amide bonds. The predicted molar refractivity (Wildman–Crippen MR) is 62.4 cm³/mol. The number of hydrogen-bond donors (Lipinski definition) is 1. The maximum atomic E-state index is 11.1. The second-order valence-electron chi connectivity index (χ2n) is 4.32. The van der Waals surface area contributed by atoms with E-state index >= 15 is 0 Å². The van der Waals surface area contributed by atoms with Gasteiger partial charge >= 0.3 is 0 Å². The molecule has 0 saturated carbocycles. The number of nitrogens with zero attached hydrogens (tertiary/aromatic N) is 2. The van der Waals surface area contributed by atoms with Crippen LogP contribution in [0.2, 0.25) is 0 Å². The molecule has 0 atom stereocenters. The van der Waals surface area contributed by atoms with E-state index in [2.05, 4.69) is 28.8 Å². The van der Waals surface area contributed by atoms with Crippen molar-refractivity contribution in [2.75, 3.05) is 0 Å². The third kappa shape index (κ3) is 1.96. The lowest BCUT2D eigenvalue weighted by Crippen LogP contribution is -1.97. The maximum Gasteiger partial charge on any atom is 0.177 e. The molecule has 4 nitrogen and oxygen atoms in total. The Balaban J connectivity index is 2.54. The minimum Gasteiger partial charge on any atom is -0.340 e. The summed E-state index contributed by atoms with van der Waals surface area (Å²) in [6.07, 6.45) is 2.13. The summed E-state index contributed by atoms with van der Waals surface area (Å²) in [7, 11) is 0. The van der Waals surface area contributed by atoms with Gasteiger partial charge in [0, 0.05) is 18.5 Å². The lowest BCUT2D eigenvalue weighted by Gasteiger charge is -1.98. The fourth-order valence-electron chi connectivity index (χ4n) is 1.67. The van der Waals surface area contributed by atoms with Crippen molar-refractivity contribution in [1.82, 2.24) is 15.0 Å². The number of imidazole rings is 1. The number of carbonyl (C=O) groups excluding carboxylic acids is 1. The molecular weight excluding hydrogens is 202 g/mol. The standard InChI is InChI=1S/C12H15N3O/c1-7(2)11-14-10-9(6-8(3)16)4-5-13-12(10)15-11/h4-5,7H,6H2,1-3H3,(H,13,14,15). The topological polar surface area (TPSA) is 58.6 Å². The largest absolute Gasteiger partial charge is 0.340 e. The zero-order valence-electron chi connectivity index (χ0n) is 9.74. The Kier molecular flexibility index (Phi) is 2.73. The summed E-state index contributed by atoms with van der Waals surface area (Å²) < 4.78 is 0. The number of fused-ring (bicyclic) bond motifs is 1. The van der Waals surface area contributed by atoms with Crippen LogP contribution in [0.15, 0.2) is 12.3 Å². The summed E-state index contributed by atoms with van der Waals surface area (Å²) in [5.41, 5.74) is 2.56. The van der Waals surface area contributed by atoms with E-state index in [1.165, 1.54) is 0 Å². The van der Waals surface area contributed by atoms with Crippen LogP contribution >= 0.6 is 0 Å². The van der Waals surface area contributed by atoms with E-state index in [1.807, 2.05) is 6.07 Å². The number of H-pyrrole nitrogens is 1. The molecule has 0 fully saturated rings. The summed E-state index contributed by atoms with van der Waals surface area (Å²) in [6, 6.07) is 1.87. The van der Waals surface area contributed by atoms with Gasteiger partial charge in [-0.15, -0.1) is 0 Å². The van der Waals surface area contributed by atoms with Gasteiger partial charge in [0.25, 0.3) is 0 Å². The minimum absolute atomic E-state index is 0.146. The third-order valence-corrected chi connectivity index (χ3v) is 2.48. The molecule has 16 heavy (non-hydrogen) atoms. The van der Waals surface area contributed by atoms with Crippen LogP contribution in [0.5, 0.6) is 0 Å². The van der Waals surface area contributed by atoms with Crippen molar-refractivity contribution in [2.45, 2.75) is 33.1 Å². The van der Waals surface area contributed by atoms with Crippen LogP contribution in [0.3, 0.4) is 0 Å². The number of ketones is 1. The molecule has 0 aliphatic heterocycles. The predicted octanol–water partition coefficient (Wildman–Crippen LogP) is 2.21. The minimum atomic E-state index is 0.146. The first-order valence-corrected chi connectivity index (χ1v) is 5.41. The molecule has 4 heteroatoms. The van der Waals surface area contributed by atoms with Gasteiger partial charge in [0.1, 0.15) is 11.6 Å². The van der Waals surface area contributed by atoms with Gasteiger partial charge in [0.05, 0.1) is 5.52 Å². The van der Waals surface area contributed by atoms with Crippen LogP contribution in [-0.2, 0) is 11.2 Å². The molecule has 0 aliphatic rings. The number of nitrogens with one attached hydrogen (secondary N) is 1. The Morgan fingerprint density at radius 2 is 2.25 bits per heavy atom. The monoisotopic (exact) mass is 217 g/mol. The summed E-state index contributed by atoms with van der Waals surface area (Å²) in [5, 5.41) is 0. The summed E-state index contributed by atoms with van der Waals surface area (Å²) >= 11 is 0. The molecule has 0 bridgehead atoms. The second kappa shape index (κ2) is 4.04. The quantitative estimate of drug-likeness (QED) is 0.857. The van der Waals surface area contributed by atoms with Crippen LogP contribution in [-0.4, -0.2) is 20.7 Å². The average molecular weight is 217 g/mol. The van der Waals surface area contributed by atoms with Crippen LogP contribution in [0, 0.1) is 0 Å². The Morgan fingerprint density at radius 3 is 2.88 bits per heavy atom. The number of aromatic amines is 1. The van der Waals surface area contributed by atoms with Crippen molar-refractivity contribution in [3.05, 3.63) is 23.7 Å². The van der Waals surface area contributed by atoms with Gasteiger partial charge in [-0.3, -0.25) is 4.79 Å². The molecule has 0 spiro atoms. The number of hydrogen-bond acceptors (Lipinski definition) is 3. The SMILES string of the molecule is CC(=O)Cc1ccnc2nc(C(C)C)[nH]c12. The second-order valence-corrected chi connectivity index (χ2v) is 4.32. The van der Waals surface area contributed by atoms with E-state index in [-0.39, 0.29) is 5.78 Å². The lowest BCUT2D eigenvalue weighted by molar-refractivity contribution is -0.116. The lowest BCUT2D eigenvalue weighted by atomic mass is 10.1. The highest BCUT2D eigenvalue weighted by molar-refractivity contribution is 5.84. The molecule has 0 saturated heterocycles. The number of carbonyl (C=O) groups is 1. The summed E-state index contributed by atoms with van der Waals surface area (Å²) in [6.45, 7) is 5.73. The van der Waals surface area contributed by atoms with E-state index in [9.17, 15) is 4.79 Å². The van der Waals surface area contributed by atoms with E-state index in [4.69, 9.17) is 0 Å². The van der Waals surface area contributed by atoms with Gasteiger partial charge in [0.15, 0.2) is 5.65 Å². The van der Waals surface area contributed by atoms with Crippen LogP contribution < -0.4 is 0 Å².